The Morgan fingerprint density at radius 1 is 0.929 bits per heavy atom. The zero-order valence-electron chi connectivity index (χ0n) is 15.8. The molecular weight excluding hydrogens is 372 g/mol. The van der Waals surface area contributed by atoms with Crippen molar-refractivity contribution in [1.82, 2.24) is 0 Å². The zero-order valence-corrected chi connectivity index (χ0v) is 16.6. The van der Waals surface area contributed by atoms with Gasteiger partial charge in [-0.15, -0.1) is 0 Å². The third-order valence-electron chi connectivity index (χ3n) is 4.42. The summed E-state index contributed by atoms with van der Waals surface area (Å²) in [6.45, 7) is 3.88. The predicted molar refractivity (Wildman–Crippen MR) is 112 cm³/mol. The number of benzene rings is 3. The molecule has 6 heteroatoms. The van der Waals surface area contributed by atoms with E-state index in [2.05, 4.69) is 17.0 Å². The summed E-state index contributed by atoms with van der Waals surface area (Å²) in [7, 11) is -3.80. The quantitative estimate of drug-likeness (QED) is 0.641. The third kappa shape index (κ3) is 4.58. The average molecular weight is 394 g/mol. The minimum atomic E-state index is -3.80. The van der Waals surface area contributed by atoms with E-state index < -0.39 is 10.0 Å². The largest absolute Gasteiger partial charge is 0.322 e. The van der Waals surface area contributed by atoms with Gasteiger partial charge in [0.2, 0.25) is 0 Å². The first kappa shape index (κ1) is 19.6. The summed E-state index contributed by atoms with van der Waals surface area (Å²) < 4.78 is 28.0. The van der Waals surface area contributed by atoms with E-state index in [4.69, 9.17) is 0 Å². The van der Waals surface area contributed by atoms with Crippen molar-refractivity contribution in [3.63, 3.8) is 0 Å². The maximum atomic E-state index is 12.7. The molecule has 0 bridgehead atoms. The second-order valence-electron chi connectivity index (χ2n) is 6.45. The molecule has 0 aliphatic carbocycles. The SMILES string of the molecule is CCc1ccc(NC(=O)c2cccc(S(=O)(=O)Nc3ccccc3C)c2)cc1. The molecule has 0 atom stereocenters. The molecule has 0 aromatic heterocycles. The monoisotopic (exact) mass is 394 g/mol. The van der Waals surface area contributed by atoms with Gasteiger partial charge in [0.25, 0.3) is 15.9 Å². The number of carbonyl (C=O) groups is 1. The lowest BCUT2D eigenvalue weighted by Crippen LogP contribution is -2.16. The molecule has 0 fully saturated rings. The van der Waals surface area contributed by atoms with Crippen LogP contribution in [0.15, 0.2) is 77.7 Å². The molecule has 0 aliphatic rings. The normalized spacial score (nSPS) is 11.1. The molecule has 0 radical (unpaired) electrons. The van der Waals surface area contributed by atoms with Gasteiger partial charge in [-0.25, -0.2) is 8.42 Å². The summed E-state index contributed by atoms with van der Waals surface area (Å²) in [4.78, 5) is 12.6. The van der Waals surface area contributed by atoms with E-state index in [1.807, 2.05) is 43.3 Å². The predicted octanol–water partition coefficient (Wildman–Crippen LogP) is 4.61. The number of sulfonamides is 1. The van der Waals surface area contributed by atoms with Crippen molar-refractivity contribution in [1.29, 1.82) is 0 Å². The van der Waals surface area contributed by atoms with Gasteiger partial charge in [0.15, 0.2) is 0 Å². The van der Waals surface area contributed by atoms with E-state index in [9.17, 15) is 13.2 Å². The number of aryl methyl sites for hydroxylation is 2. The van der Waals surface area contributed by atoms with E-state index >= 15 is 0 Å². The Balaban J connectivity index is 1.80. The molecule has 0 saturated heterocycles. The van der Waals surface area contributed by atoms with Gasteiger partial charge in [-0.3, -0.25) is 9.52 Å². The zero-order chi connectivity index (χ0) is 20.1. The Morgan fingerprint density at radius 3 is 2.32 bits per heavy atom. The van der Waals surface area contributed by atoms with Crippen LogP contribution in [-0.4, -0.2) is 14.3 Å². The Morgan fingerprint density at radius 2 is 1.64 bits per heavy atom. The first-order chi connectivity index (χ1) is 13.4. The van der Waals surface area contributed by atoms with E-state index in [-0.39, 0.29) is 16.4 Å². The molecule has 2 N–H and O–H groups in total. The van der Waals surface area contributed by atoms with Crippen LogP contribution in [0, 0.1) is 6.92 Å². The highest BCUT2D eigenvalue weighted by Gasteiger charge is 2.17. The fourth-order valence-electron chi connectivity index (χ4n) is 2.72. The molecule has 28 heavy (non-hydrogen) atoms. The minimum absolute atomic E-state index is 0.0322. The van der Waals surface area contributed by atoms with E-state index in [0.717, 1.165) is 12.0 Å². The number of amides is 1. The highest BCUT2D eigenvalue weighted by atomic mass is 32.2. The van der Waals surface area contributed by atoms with Crippen LogP contribution in [0.5, 0.6) is 0 Å². The van der Waals surface area contributed by atoms with Gasteiger partial charge in [0.1, 0.15) is 0 Å². The van der Waals surface area contributed by atoms with Crippen LogP contribution >= 0.6 is 0 Å². The number of para-hydroxylation sites is 1. The van der Waals surface area contributed by atoms with Crippen LogP contribution in [0.25, 0.3) is 0 Å². The Kier molecular flexibility index (Phi) is 5.80. The van der Waals surface area contributed by atoms with E-state index in [0.29, 0.717) is 11.4 Å². The lowest BCUT2D eigenvalue weighted by atomic mass is 10.1. The fraction of sp³-hybridized carbons (Fsp3) is 0.136. The van der Waals surface area contributed by atoms with Gasteiger partial charge in [-0.2, -0.15) is 0 Å². The van der Waals surface area contributed by atoms with Crippen molar-refractivity contribution in [2.24, 2.45) is 0 Å². The molecule has 3 aromatic carbocycles. The second-order valence-corrected chi connectivity index (χ2v) is 8.14. The molecule has 5 nitrogen and oxygen atoms in total. The molecule has 3 aromatic rings. The Labute approximate surface area is 165 Å². The van der Waals surface area contributed by atoms with Crippen molar-refractivity contribution in [2.45, 2.75) is 25.2 Å². The lowest BCUT2D eigenvalue weighted by Gasteiger charge is -2.11. The van der Waals surface area contributed by atoms with Crippen LogP contribution < -0.4 is 10.0 Å². The van der Waals surface area contributed by atoms with Crippen LogP contribution in [0.1, 0.15) is 28.4 Å². The van der Waals surface area contributed by atoms with Crippen molar-refractivity contribution in [3.05, 3.63) is 89.5 Å². The van der Waals surface area contributed by atoms with Crippen molar-refractivity contribution < 1.29 is 13.2 Å². The third-order valence-corrected chi connectivity index (χ3v) is 5.78. The first-order valence-electron chi connectivity index (χ1n) is 8.98. The number of hydrogen-bond donors (Lipinski definition) is 2. The van der Waals surface area contributed by atoms with Gasteiger partial charge in [-0.1, -0.05) is 43.3 Å². The fourth-order valence-corrected chi connectivity index (χ4v) is 3.90. The molecule has 144 valence electrons. The summed E-state index contributed by atoms with van der Waals surface area (Å²) >= 11 is 0. The highest BCUT2D eigenvalue weighted by Crippen LogP contribution is 2.20. The lowest BCUT2D eigenvalue weighted by molar-refractivity contribution is 0.102. The summed E-state index contributed by atoms with van der Waals surface area (Å²) in [5, 5.41) is 2.79. The average Bonchev–Trinajstić information content (AvgIpc) is 2.70. The van der Waals surface area contributed by atoms with Gasteiger partial charge in [0.05, 0.1) is 10.6 Å². The standard InChI is InChI=1S/C22H22N2O3S/c1-3-17-11-13-19(14-12-17)23-22(25)18-8-6-9-20(15-18)28(26,27)24-21-10-5-4-7-16(21)2/h4-15,24H,3H2,1-2H3,(H,23,25). The maximum Gasteiger partial charge on any atom is 0.261 e. The van der Waals surface area contributed by atoms with E-state index in [1.165, 1.54) is 17.7 Å². The molecule has 0 aliphatic heterocycles. The van der Waals surface area contributed by atoms with Crippen molar-refractivity contribution in [2.75, 3.05) is 10.0 Å². The number of anilines is 2. The topological polar surface area (TPSA) is 75.3 Å². The first-order valence-corrected chi connectivity index (χ1v) is 10.5. The van der Waals surface area contributed by atoms with Gasteiger partial charge in [-0.05, 0) is 60.9 Å². The van der Waals surface area contributed by atoms with Crippen LogP contribution in [0.4, 0.5) is 11.4 Å². The van der Waals surface area contributed by atoms with Gasteiger partial charge in [0, 0.05) is 11.3 Å². The maximum absolute atomic E-state index is 12.7. The summed E-state index contributed by atoms with van der Waals surface area (Å²) in [5.41, 5.74) is 3.43. The van der Waals surface area contributed by atoms with Crippen LogP contribution in [-0.2, 0) is 16.4 Å². The highest BCUT2D eigenvalue weighted by molar-refractivity contribution is 7.92. The summed E-state index contributed by atoms with van der Waals surface area (Å²) in [5.74, 6) is -0.364. The van der Waals surface area contributed by atoms with E-state index in [1.54, 1.807) is 24.3 Å². The molecule has 1 amide bonds. The molecule has 0 spiro atoms. The van der Waals surface area contributed by atoms with Crippen molar-refractivity contribution >= 4 is 27.3 Å². The van der Waals surface area contributed by atoms with Crippen LogP contribution in [0.2, 0.25) is 0 Å². The molecule has 3 rings (SSSR count). The molecule has 0 heterocycles. The summed E-state index contributed by atoms with van der Waals surface area (Å²) in [6, 6.07) is 20.7. The Hall–Kier alpha value is -3.12. The minimum Gasteiger partial charge on any atom is -0.322 e. The van der Waals surface area contributed by atoms with Gasteiger partial charge < -0.3 is 5.32 Å². The molecule has 0 unspecified atom stereocenters. The molecular formula is C22H22N2O3S. The van der Waals surface area contributed by atoms with Crippen molar-refractivity contribution in [3.8, 4) is 0 Å². The summed E-state index contributed by atoms with van der Waals surface area (Å²) in [6.07, 6.45) is 0.919. The Bertz CT molecular complexity index is 1090. The molecule has 0 saturated carbocycles. The van der Waals surface area contributed by atoms with Crippen LogP contribution in [0.3, 0.4) is 0 Å². The smallest absolute Gasteiger partial charge is 0.261 e. The number of hydrogen-bond acceptors (Lipinski definition) is 3. The number of carbonyl (C=O) groups excluding carboxylic acids is 1. The van der Waals surface area contributed by atoms with Gasteiger partial charge >= 0.3 is 0 Å². The number of nitrogens with one attached hydrogen (secondary N) is 2. The number of rotatable bonds is 6. The second kappa shape index (κ2) is 8.27.